The Morgan fingerprint density at radius 1 is 1.14 bits per heavy atom. The molecule has 0 saturated heterocycles. The highest BCUT2D eigenvalue weighted by Crippen LogP contribution is 2.43. The van der Waals surface area contributed by atoms with Gasteiger partial charge in [-0.1, -0.05) is 27.6 Å². The molecule has 2 rings (SSSR count). The number of fused-ring (bicyclic) bond motifs is 1. The Morgan fingerprint density at radius 3 is 2.52 bits per heavy atom. The van der Waals surface area contributed by atoms with Crippen molar-refractivity contribution in [2.24, 2.45) is 0 Å². The number of ether oxygens (including phenoxy) is 3. The average Bonchev–Trinajstić information content (AvgIpc) is 3.17. The molecule has 6 nitrogen and oxygen atoms in total. The zero-order valence-electron chi connectivity index (χ0n) is 17.3. The lowest BCUT2D eigenvalue weighted by Gasteiger charge is -2.19. The number of aliphatic carboxylic acids is 1. The summed E-state index contributed by atoms with van der Waals surface area (Å²) in [6.07, 6.45) is 5.06. The van der Waals surface area contributed by atoms with E-state index in [-0.39, 0.29) is 12.4 Å². The summed E-state index contributed by atoms with van der Waals surface area (Å²) >= 11 is 3.37. The quantitative estimate of drug-likeness (QED) is 0.164. The van der Waals surface area contributed by atoms with E-state index in [0.29, 0.717) is 44.0 Å². The molecule has 1 aliphatic heterocycles. The van der Waals surface area contributed by atoms with Gasteiger partial charge in [-0.2, -0.15) is 0 Å². The summed E-state index contributed by atoms with van der Waals surface area (Å²) in [5, 5.41) is 9.74. The van der Waals surface area contributed by atoms with Gasteiger partial charge in [0.1, 0.15) is 11.5 Å². The minimum absolute atomic E-state index is 0.0892. The third-order valence-electron chi connectivity index (χ3n) is 5.05. The van der Waals surface area contributed by atoms with Crippen molar-refractivity contribution < 1.29 is 28.9 Å². The molecule has 0 bridgehead atoms. The molecule has 0 aliphatic carbocycles. The number of benzene rings is 1. The van der Waals surface area contributed by atoms with Crippen LogP contribution in [0.3, 0.4) is 0 Å². The van der Waals surface area contributed by atoms with Crippen LogP contribution in [0.4, 0.5) is 0 Å². The average molecular weight is 469 g/mol. The summed E-state index contributed by atoms with van der Waals surface area (Å²) in [5.41, 5.74) is 4.69. The molecular weight excluding hydrogens is 440 g/mol. The van der Waals surface area contributed by atoms with E-state index < -0.39 is 5.97 Å². The van der Waals surface area contributed by atoms with Crippen LogP contribution in [-0.2, 0) is 34.0 Å². The molecule has 1 aromatic rings. The first kappa shape index (κ1) is 23.4. The van der Waals surface area contributed by atoms with Gasteiger partial charge in [0.05, 0.1) is 20.3 Å². The van der Waals surface area contributed by atoms with Gasteiger partial charge in [0.25, 0.3) is 0 Å². The predicted octanol–water partition coefficient (Wildman–Crippen LogP) is 4.86. The van der Waals surface area contributed by atoms with Crippen LogP contribution in [0, 0.1) is 6.92 Å². The van der Waals surface area contributed by atoms with E-state index in [0.717, 1.165) is 46.0 Å². The fraction of sp³-hybridized carbons (Fsp3) is 0.545. The number of hydrogen-bond acceptors (Lipinski definition) is 5. The number of carboxylic acid groups (broad SMARTS) is 1. The van der Waals surface area contributed by atoms with Crippen molar-refractivity contribution in [3.63, 3.8) is 0 Å². The number of alkyl halides is 1. The largest absolute Gasteiger partial charge is 0.496 e. The topological polar surface area (TPSA) is 82.1 Å². The zero-order valence-corrected chi connectivity index (χ0v) is 18.9. The zero-order chi connectivity index (χ0) is 21.4. The van der Waals surface area contributed by atoms with Crippen LogP contribution < -0.4 is 9.47 Å². The normalized spacial score (nSPS) is 13.3. The van der Waals surface area contributed by atoms with Crippen LogP contribution in [0.2, 0.25) is 0 Å². The summed E-state index contributed by atoms with van der Waals surface area (Å²) in [5.74, 6) is 0.142. The van der Waals surface area contributed by atoms with Crippen LogP contribution in [0.15, 0.2) is 11.6 Å². The van der Waals surface area contributed by atoms with Crippen molar-refractivity contribution in [2.75, 3.05) is 12.4 Å². The maximum Gasteiger partial charge on any atom is 0.311 e. The van der Waals surface area contributed by atoms with Gasteiger partial charge in [-0.25, -0.2) is 0 Å². The molecule has 1 aromatic carbocycles. The number of rotatable bonds is 11. The van der Waals surface area contributed by atoms with Crippen LogP contribution >= 0.6 is 15.9 Å². The lowest BCUT2D eigenvalue weighted by molar-refractivity contribution is -0.137. The van der Waals surface area contributed by atoms with Crippen molar-refractivity contribution in [1.29, 1.82) is 0 Å². The Hall–Kier alpha value is -1.86. The molecule has 0 aromatic heterocycles. The third kappa shape index (κ3) is 6.31. The van der Waals surface area contributed by atoms with E-state index in [1.165, 1.54) is 0 Å². The summed E-state index contributed by atoms with van der Waals surface area (Å²) in [7, 11) is 1.61. The highest BCUT2D eigenvalue weighted by Gasteiger charge is 2.28. The number of carbonyl (C=O) groups excluding carboxylic acids is 1. The highest BCUT2D eigenvalue weighted by molar-refractivity contribution is 9.09. The molecule has 7 heteroatoms. The van der Waals surface area contributed by atoms with Gasteiger partial charge in [0.2, 0.25) is 0 Å². The maximum absolute atomic E-state index is 12.4. The molecule has 0 radical (unpaired) electrons. The van der Waals surface area contributed by atoms with E-state index >= 15 is 0 Å². The Kier molecular flexibility index (Phi) is 9.17. The fourth-order valence-corrected chi connectivity index (χ4v) is 3.81. The molecule has 29 heavy (non-hydrogen) atoms. The van der Waals surface area contributed by atoms with Gasteiger partial charge in [-0.3, -0.25) is 9.59 Å². The summed E-state index contributed by atoms with van der Waals surface area (Å²) in [6, 6.07) is 0. The minimum atomic E-state index is -0.820. The van der Waals surface area contributed by atoms with Crippen molar-refractivity contribution >= 4 is 27.9 Å². The molecule has 1 N–H and O–H groups in total. The van der Waals surface area contributed by atoms with Crippen molar-refractivity contribution in [2.45, 2.75) is 65.6 Å². The molecule has 0 fully saturated rings. The first-order valence-corrected chi connectivity index (χ1v) is 10.9. The lowest BCUT2D eigenvalue weighted by Crippen LogP contribution is -2.13. The molecular formula is C22H29BrO6. The molecule has 1 aliphatic rings. The van der Waals surface area contributed by atoms with Gasteiger partial charge >= 0.3 is 11.9 Å². The number of carboxylic acids is 1. The first-order valence-electron chi connectivity index (χ1n) is 9.82. The smallest absolute Gasteiger partial charge is 0.311 e. The molecule has 0 atom stereocenters. The van der Waals surface area contributed by atoms with E-state index in [1.807, 2.05) is 19.9 Å². The number of esters is 1. The second-order valence-corrected chi connectivity index (χ2v) is 7.98. The van der Waals surface area contributed by atoms with Crippen molar-refractivity contribution in [1.82, 2.24) is 0 Å². The van der Waals surface area contributed by atoms with Crippen LogP contribution in [0.25, 0.3) is 0 Å². The van der Waals surface area contributed by atoms with Gasteiger partial charge in [-0.15, -0.1) is 0 Å². The minimum Gasteiger partial charge on any atom is -0.496 e. The number of carbonyl (C=O) groups is 2. The number of allylic oxidation sites excluding steroid dienone is 2. The van der Waals surface area contributed by atoms with Gasteiger partial charge < -0.3 is 19.3 Å². The number of halogens is 1. The SMILES string of the molecule is COc1c(C)c2c(c(OC(=O)CCCCBr)c1C/C=C(\C)CCC(=O)O)COC2. The van der Waals surface area contributed by atoms with E-state index in [9.17, 15) is 9.59 Å². The predicted molar refractivity (Wildman–Crippen MR) is 114 cm³/mol. The Balaban J connectivity index is 2.36. The van der Waals surface area contributed by atoms with Gasteiger partial charge in [0.15, 0.2) is 0 Å². The van der Waals surface area contributed by atoms with Crippen molar-refractivity contribution in [3.8, 4) is 11.5 Å². The van der Waals surface area contributed by atoms with E-state index in [4.69, 9.17) is 19.3 Å². The Morgan fingerprint density at radius 2 is 1.86 bits per heavy atom. The molecule has 0 unspecified atom stereocenters. The second-order valence-electron chi connectivity index (χ2n) is 7.18. The Labute approximate surface area is 180 Å². The number of unbranched alkanes of at least 4 members (excludes halogenated alkanes) is 1. The van der Waals surface area contributed by atoms with Crippen LogP contribution in [0.5, 0.6) is 11.5 Å². The molecule has 0 saturated carbocycles. The molecule has 1 heterocycles. The fourth-order valence-electron chi connectivity index (χ4n) is 3.41. The number of hydrogen-bond donors (Lipinski definition) is 1. The van der Waals surface area contributed by atoms with Gasteiger partial charge in [-0.05, 0) is 50.7 Å². The summed E-state index contributed by atoms with van der Waals surface area (Å²) < 4.78 is 17.1. The standard InChI is InChI=1S/C22H29BrO6/c1-14(8-10-19(24)25)7-9-16-21(27-3)15(2)17-12-28-13-18(17)22(16)29-20(26)6-4-5-11-23/h7H,4-6,8-13H2,1-3H3,(H,24,25)/b14-7+. The third-order valence-corrected chi connectivity index (χ3v) is 5.61. The van der Waals surface area contributed by atoms with E-state index in [2.05, 4.69) is 15.9 Å². The first-order chi connectivity index (χ1) is 13.9. The van der Waals surface area contributed by atoms with Gasteiger partial charge in [0, 0.05) is 29.3 Å². The van der Waals surface area contributed by atoms with Crippen molar-refractivity contribution in [3.05, 3.63) is 33.9 Å². The summed E-state index contributed by atoms with van der Waals surface area (Å²) in [4.78, 5) is 23.3. The Bertz CT molecular complexity index is 784. The summed E-state index contributed by atoms with van der Waals surface area (Å²) in [6.45, 7) is 4.77. The van der Waals surface area contributed by atoms with E-state index in [1.54, 1.807) is 7.11 Å². The molecule has 0 spiro atoms. The lowest BCUT2D eigenvalue weighted by atomic mass is 9.94. The second kappa shape index (κ2) is 11.4. The number of methoxy groups -OCH3 is 1. The van der Waals surface area contributed by atoms with Crippen LogP contribution in [0.1, 0.15) is 61.3 Å². The molecule has 0 amide bonds. The maximum atomic E-state index is 12.4. The molecule has 160 valence electrons. The van der Waals surface area contributed by atoms with Crippen LogP contribution in [-0.4, -0.2) is 29.5 Å². The monoisotopic (exact) mass is 468 g/mol. The highest BCUT2D eigenvalue weighted by atomic mass is 79.9.